The van der Waals surface area contributed by atoms with Gasteiger partial charge in [0.25, 0.3) is 10.0 Å². The fourth-order valence-corrected chi connectivity index (χ4v) is 6.02. The third kappa shape index (κ3) is 4.67. The van der Waals surface area contributed by atoms with Crippen molar-refractivity contribution in [1.82, 2.24) is 9.88 Å². The molecule has 0 aliphatic carbocycles. The highest BCUT2D eigenvalue weighted by molar-refractivity contribution is 7.92. The molecule has 2 aromatic rings. The number of nitrogens with zero attached hydrogens (tertiary/aromatic N) is 3. The van der Waals surface area contributed by atoms with E-state index in [9.17, 15) is 21.6 Å². The zero-order valence-corrected chi connectivity index (χ0v) is 19.3. The Bertz CT molecular complexity index is 1140. The van der Waals surface area contributed by atoms with E-state index in [0.29, 0.717) is 24.4 Å². The van der Waals surface area contributed by atoms with Crippen LogP contribution in [0.15, 0.2) is 29.2 Å². The molecule has 11 heteroatoms. The second-order valence-corrected chi connectivity index (χ2v) is 11.2. The molecule has 1 N–H and O–H groups in total. The molecule has 2 aliphatic heterocycles. The molecule has 0 saturated carbocycles. The molecule has 0 radical (unpaired) electrons. The summed E-state index contributed by atoms with van der Waals surface area (Å²) in [5.74, 6) is -3.68. The lowest BCUT2D eigenvalue weighted by molar-refractivity contribution is 0.0205. The van der Waals surface area contributed by atoms with Crippen LogP contribution in [0.25, 0.3) is 0 Å². The highest BCUT2D eigenvalue weighted by atomic mass is 35.5. The number of halogens is 4. The number of benzene rings is 1. The summed E-state index contributed by atoms with van der Waals surface area (Å²) in [6.45, 7) is 8.51. The zero-order valence-electron chi connectivity index (χ0n) is 17.7. The molecular weight excluding hydrogens is 465 g/mol. The van der Waals surface area contributed by atoms with E-state index in [1.165, 1.54) is 6.07 Å². The molecular formula is C21H24ClF3N4O2S. The van der Waals surface area contributed by atoms with Crippen molar-refractivity contribution in [2.75, 3.05) is 42.3 Å². The Morgan fingerprint density at radius 3 is 2.62 bits per heavy atom. The molecule has 6 nitrogen and oxygen atoms in total. The molecule has 1 unspecified atom stereocenters. The van der Waals surface area contributed by atoms with Gasteiger partial charge in [-0.3, -0.25) is 4.72 Å². The summed E-state index contributed by atoms with van der Waals surface area (Å²) in [5, 5.41) is -0.468. The predicted octanol–water partition coefficient (Wildman–Crippen LogP) is 4.12. The molecule has 0 spiro atoms. The van der Waals surface area contributed by atoms with Crippen molar-refractivity contribution < 1.29 is 21.6 Å². The van der Waals surface area contributed by atoms with Gasteiger partial charge in [-0.25, -0.2) is 22.2 Å². The lowest BCUT2D eigenvalue weighted by Gasteiger charge is -2.47. The van der Waals surface area contributed by atoms with Crippen molar-refractivity contribution in [1.29, 1.82) is 0 Å². The average Bonchev–Trinajstić information content (AvgIpc) is 3.11. The maximum atomic E-state index is 15.0. The molecule has 2 aliphatic rings. The number of pyridine rings is 1. The number of sulfonamides is 1. The minimum Gasteiger partial charge on any atom is -0.370 e. The molecule has 0 bridgehead atoms. The third-order valence-electron chi connectivity index (χ3n) is 5.77. The monoisotopic (exact) mass is 488 g/mol. The van der Waals surface area contributed by atoms with E-state index < -0.39 is 43.3 Å². The summed E-state index contributed by atoms with van der Waals surface area (Å²) in [4.78, 5) is 6.27. The lowest BCUT2D eigenvalue weighted by Crippen LogP contribution is -2.54. The number of hydrogen-bond donors (Lipinski definition) is 1. The minimum atomic E-state index is -4.73. The maximum Gasteiger partial charge on any atom is 0.268 e. The molecule has 0 amide bonds. The van der Waals surface area contributed by atoms with Crippen LogP contribution in [0, 0.1) is 28.9 Å². The second kappa shape index (κ2) is 8.39. The van der Waals surface area contributed by atoms with E-state index >= 15 is 0 Å². The van der Waals surface area contributed by atoms with Crippen LogP contribution >= 0.6 is 11.6 Å². The molecule has 1 atom stereocenters. The number of anilines is 2. The maximum absolute atomic E-state index is 15.0. The van der Waals surface area contributed by atoms with Crippen LogP contribution in [0.4, 0.5) is 24.7 Å². The normalized spacial score (nSPS) is 20.9. The fourth-order valence-electron chi connectivity index (χ4n) is 4.56. The van der Waals surface area contributed by atoms with Gasteiger partial charge in [-0.05, 0) is 29.9 Å². The van der Waals surface area contributed by atoms with E-state index in [2.05, 4.69) is 23.7 Å². The molecule has 1 aromatic carbocycles. The summed E-state index contributed by atoms with van der Waals surface area (Å²) >= 11 is 6.15. The number of nitrogens with one attached hydrogen (secondary N) is 1. The largest absolute Gasteiger partial charge is 0.370 e. The summed E-state index contributed by atoms with van der Waals surface area (Å²) < 4.78 is 70.1. The summed E-state index contributed by atoms with van der Waals surface area (Å²) in [7, 11) is -4.73. The standard InChI is InChI=1S/C21H24ClF3N4O2S/c1-21(2)11-28(12-21)9-13-6-7-29(10-13)15-8-14(23)20(19(25)18(15)22)32(30,31)27-17-5-3-4-16(24)26-17/h3-5,8,13H,6-7,9-12H2,1-2H3,(H,26,27). The Kier molecular flexibility index (Phi) is 6.06. The lowest BCUT2D eigenvalue weighted by atomic mass is 9.84. The molecule has 4 rings (SSSR count). The van der Waals surface area contributed by atoms with Gasteiger partial charge in [0.05, 0.1) is 5.69 Å². The van der Waals surface area contributed by atoms with Crippen LogP contribution < -0.4 is 9.62 Å². The van der Waals surface area contributed by atoms with Gasteiger partial charge in [-0.2, -0.15) is 4.39 Å². The topological polar surface area (TPSA) is 65.5 Å². The average molecular weight is 489 g/mol. The van der Waals surface area contributed by atoms with Crippen LogP contribution in [0.5, 0.6) is 0 Å². The SMILES string of the molecule is CC1(C)CN(CC2CCN(c3cc(F)c(S(=O)(=O)Nc4cccc(F)n4)c(F)c3Cl)C2)C1. The predicted molar refractivity (Wildman–Crippen MR) is 117 cm³/mol. The summed E-state index contributed by atoms with van der Waals surface area (Å²) in [6.07, 6.45) is 0.851. The fraction of sp³-hybridized carbons (Fsp3) is 0.476. The Hall–Kier alpha value is -2.04. The van der Waals surface area contributed by atoms with Crippen molar-refractivity contribution in [2.45, 2.75) is 25.2 Å². The van der Waals surface area contributed by atoms with Gasteiger partial charge in [0.15, 0.2) is 10.7 Å². The van der Waals surface area contributed by atoms with Gasteiger partial charge >= 0.3 is 0 Å². The van der Waals surface area contributed by atoms with E-state index in [-0.39, 0.29) is 5.69 Å². The van der Waals surface area contributed by atoms with Gasteiger partial charge in [0.1, 0.15) is 16.7 Å². The van der Waals surface area contributed by atoms with Crippen molar-refractivity contribution in [3.05, 3.63) is 46.9 Å². The van der Waals surface area contributed by atoms with E-state index in [1.54, 1.807) is 4.90 Å². The molecule has 2 fully saturated rings. The first kappa shape index (κ1) is 23.1. The van der Waals surface area contributed by atoms with Crippen molar-refractivity contribution in [3.8, 4) is 0 Å². The van der Waals surface area contributed by atoms with Gasteiger partial charge in [0.2, 0.25) is 5.95 Å². The van der Waals surface area contributed by atoms with Crippen molar-refractivity contribution in [3.63, 3.8) is 0 Å². The first-order valence-electron chi connectivity index (χ1n) is 10.3. The van der Waals surface area contributed by atoms with Crippen LogP contribution in [-0.2, 0) is 10.0 Å². The molecule has 2 saturated heterocycles. The second-order valence-electron chi connectivity index (χ2n) is 9.22. The number of aromatic nitrogens is 1. The van der Waals surface area contributed by atoms with Crippen LogP contribution in [-0.4, -0.2) is 51.0 Å². The Morgan fingerprint density at radius 2 is 1.97 bits per heavy atom. The van der Waals surface area contributed by atoms with Crippen LogP contribution in [0.3, 0.4) is 0 Å². The van der Waals surface area contributed by atoms with Gasteiger partial charge in [-0.1, -0.05) is 31.5 Å². The highest BCUT2D eigenvalue weighted by Gasteiger charge is 2.37. The zero-order chi connectivity index (χ0) is 23.3. The molecule has 174 valence electrons. The number of likely N-dealkylation sites (tertiary alicyclic amines) is 1. The molecule has 32 heavy (non-hydrogen) atoms. The Balaban J connectivity index is 1.53. The first-order valence-corrected chi connectivity index (χ1v) is 12.1. The van der Waals surface area contributed by atoms with E-state index in [1.807, 2.05) is 4.72 Å². The van der Waals surface area contributed by atoms with Crippen molar-refractivity contribution in [2.24, 2.45) is 11.3 Å². The highest BCUT2D eigenvalue weighted by Crippen LogP contribution is 2.38. The van der Waals surface area contributed by atoms with E-state index in [4.69, 9.17) is 11.6 Å². The van der Waals surface area contributed by atoms with Crippen LogP contribution in [0.1, 0.15) is 20.3 Å². The van der Waals surface area contributed by atoms with E-state index in [0.717, 1.165) is 44.3 Å². The number of hydrogen-bond acceptors (Lipinski definition) is 5. The first-order chi connectivity index (χ1) is 14.9. The van der Waals surface area contributed by atoms with Gasteiger partial charge in [-0.15, -0.1) is 0 Å². The van der Waals surface area contributed by atoms with Gasteiger partial charge in [0, 0.05) is 38.8 Å². The quantitative estimate of drug-likeness (QED) is 0.489. The Labute approximate surface area is 190 Å². The van der Waals surface area contributed by atoms with Gasteiger partial charge < -0.3 is 9.80 Å². The minimum absolute atomic E-state index is 0.121. The number of rotatable bonds is 6. The molecule has 3 heterocycles. The third-order valence-corrected chi connectivity index (χ3v) is 7.52. The summed E-state index contributed by atoms with van der Waals surface area (Å²) in [5.41, 5.74) is 0.445. The smallest absolute Gasteiger partial charge is 0.268 e. The Morgan fingerprint density at radius 1 is 1.25 bits per heavy atom. The van der Waals surface area contributed by atoms with Crippen molar-refractivity contribution >= 4 is 33.1 Å². The summed E-state index contributed by atoms with van der Waals surface area (Å²) in [6, 6.07) is 4.33. The van der Waals surface area contributed by atoms with Crippen LogP contribution in [0.2, 0.25) is 5.02 Å². The molecule has 1 aromatic heterocycles.